The third kappa shape index (κ3) is 7.22. The summed E-state index contributed by atoms with van der Waals surface area (Å²) >= 11 is 0. The van der Waals surface area contributed by atoms with Crippen LogP contribution in [0.25, 0.3) is 0 Å². The molecule has 0 aromatic carbocycles. The van der Waals surface area contributed by atoms with Gasteiger partial charge >= 0.3 is 0 Å². The van der Waals surface area contributed by atoms with Gasteiger partial charge in [0.15, 0.2) is 0 Å². The molecule has 1 atom stereocenters. The van der Waals surface area contributed by atoms with Gasteiger partial charge in [0.2, 0.25) is 11.8 Å². The van der Waals surface area contributed by atoms with Gasteiger partial charge in [-0.1, -0.05) is 0 Å². The molecule has 0 aromatic heterocycles. The Balaban J connectivity index is 0.00000242. The highest BCUT2D eigenvalue weighted by Gasteiger charge is 2.29. The van der Waals surface area contributed by atoms with Gasteiger partial charge < -0.3 is 20.3 Å². The number of nitrogens with one attached hydrogen (secondary N) is 2. The predicted octanol–water partition coefficient (Wildman–Crippen LogP) is -0.513. The third-order valence-electron chi connectivity index (χ3n) is 3.72. The van der Waals surface area contributed by atoms with Crippen molar-refractivity contribution in [2.24, 2.45) is 0 Å². The minimum atomic E-state index is -0.213. The molecular weight excluding hydrogens is 343 g/mol. The van der Waals surface area contributed by atoms with Crippen molar-refractivity contribution in [2.75, 3.05) is 52.5 Å². The fourth-order valence-corrected chi connectivity index (χ4v) is 2.64. The molecular formula is C14H28Cl2N4O3. The van der Waals surface area contributed by atoms with Crippen LogP contribution in [0.3, 0.4) is 0 Å². The van der Waals surface area contributed by atoms with Gasteiger partial charge in [-0.2, -0.15) is 0 Å². The first kappa shape index (κ1) is 22.4. The van der Waals surface area contributed by atoms with Gasteiger partial charge in [0.05, 0.1) is 19.8 Å². The second kappa shape index (κ2) is 11.0. The summed E-state index contributed by atoms with van der Waals surface area (Å²) < 4.78 is 5.33. The summed E-state index contributed by atoms with van der Waals surface area (Å²) in [6.45, 7) is 8.99. The number of ether oxygens (including phenoxy) is 1. The summed E-state index contributed by atoms with van der Waals surface area (Å²) in [5, 5.41) is 6.08. The van der Waals surface area contributed by atoms with Crippen molar-refractivity contribution < 1.29 is 14.3 Å². The molecule has 0 aliphatic carbocycles. The van der Waals surface area contributed by atoms with Crippen LogP contribution in [0.4, 0.5) is 0 Å². The van der Waals surface area contributed by atoms with E-state index in [0.29, 0.717) is 32.8 Å². The van der Waals surface area contributed by atoms with Gasteiger partial charge in [-0.05, 0) is 13.8 Å². The average Bonchev–Trinajstić information content (AvgIpc) is 2.47. The quantitative estimate of drug-likeness (QED) is 0.696. The van der Waals surface area contributed by atoms with Gasteiger partial charge in [-0.15, -0.1) is 24.8 Å². The Bertz CT molecular complexity index is 371. The molecule has 2 rings (SSSR count). The maximum Gasteiger partial charge on any atom is 0.242 e. The van der Waals surface area contributed by atoms with Crippen LogP contribution in [0, 0.1) is 0 Å². The monoisotopic (exact) mass is 370 g/mol. The average molecular weight is 371 g/mol. The van der Waals surface area contributed by atoms with Gasteiger partial charge in [-0.25, -0.2) is 0 Å². The normalized spacial score (nSPS) is 22.0. The van der Waals surface area contributed by atoms with Gasteiger partial charge in [0.1, 0.15) is 6.04 Å². The molecule has 2 N–H and O–H groups in total. The smallest absolute Gasteiger partial charge is 0.242 e. The zero-order valence-electron chi connectivity index (χ0n) is 13.7. The second-order valence-corrected chi connectivity index (χ2v) is 5.91. The van der Waals surface area contributed by atoms with Crippen molar-refractivity contribution in [1.82, 2.24) is 20.4 Å². The van der Waals surface area contributed by atoms with E-state index in [1.807, 2.05) is 18.7 Å². The summed E-state index contributed by atoms with van der Waals surface area (Å²) in [5.41, 5.74) is 0. The Kier molecular flexibility index (Phi) is 10.8. The third-order valence-corrected chi connectivity index (χ3v) is 3.72. The molecule has 136 valence electrons. The van der Waals surface area contributed by atoms with Gasteiger partial charge in [0, 0.05) is 38.8 Å². The van der Waals surface area contributed by atoms with E-state index in [-0.39, 0.29) is 48.7 Å². The molecule has 2 saturated heterocycles. The number of carbonyl (C=O) groups is 2. The highest BCUT2D eigenvalue weighted by Crippen LogP contribution is 2.06. The Hall–Kier alpha value is -0.600. The molecule has 1 unspecified atom stereocenters. The first-order chi connectivity index (χ1) is 10.1. The summed E-state index contributed by atoms with van der Waals surface area (Å²) in [4.78, 5) is 28.0. The number of hydrogen-bond acceptors (Lipinski definition) is 5. The van der Waals surface area contributed by atoms with Crippen LogP contribution in [-0.2, 0) is 14.3 Å². The Morgan fingerprint density at radius 2 is 1.87 bits per heavy atom. The van der Waals surface area contributed by atoms with E-state index in [1.165, 1.54) is 0 Å². The number of piperazine rings is 1. The number of hydrogen-bond donors (Lipinski definition) is 2. The van der Waals surface area contributed by atoms with Crippen LogP contribution in [0.1, 0.15) is 13.8 Å². The number of halogens is 2. The van der Waals surface area contributed by atoms with Crippen LogP contribution in [-0.4, -0.2) is 86.2 Å². The maximum absolute atomic E-state index is 12.3. The van der Waals surface area contributed by atoms with Crippen LogP contribution >= 0.6 is 24.8 Å². The molecule has 9 heteroatoms. The standard InChI is InChI=1S/C14H26N4O3.2ClH/c1-11(2)16-13(19)9-17-4-6-18(7-5-17)14(20)12-10-21-8-3-15-12;;/h11-12,15H,3-10H2,1-2H3,(H,16,19);2*1H. The Morgan fingerprint density at radius 1 is 1.22 bits per heavy atom. The van der Waals surface area contributed by atoms with E-state index in [1.54, 1.807) is 0 Å². The highest BCUT2D eigenvalue weighted by molar-refractivity contribution is 5.85. The van der Waals surface area contributed by atoms with E-state index in [9.17, 15) is 9.59 Å². The molecule has 0 radical (unpaired) electrons. The number of amides is 2. The van der Waals surface area contributed by atoms with Gasteiger partial charge in [0.25, 0.3) is 0 Å². The van der Waals surface area contributed by atoms with Crippen molar-refractivity contribution in [3.63, 3.8) is 0 Å². The SMILES string of the molecule is CC(C)NC(=O)CN1CCN(C(=O)C2COCCN2)CC1.Cl.Cl. The van der Waals surface area contributed by atoms with Crippen LogP contribution < -0.4 is 10.6 Å². The molecule has 2 amide bonds. The lowest BCUT2D eigenvalue weighted by molar-refractivity contribution is -0.138. The molecule has 2 heterocycles. The van der Waals surface area contributed by atoms with Crippen molar-refractivity contribution >= 4 is 36.6 Å². The Labute approximate surface area is 150 Å². The van der Waals surface area contributed by atoms with Crippen LogP contribution in [0.5, 0.6) is 0 Å². The number of morpholine rings is 1. The molecule has 0 saturated carbocycles. The summed E-state index contributed by atoms with van der Waals surface area (Å²) in [6, 6.07) is -0.0488. The Morgan fingerprint density at radius 3 is 2.39 bits per heavy atom. The largest absolute Gasteiger partial charge is 0.378 e. The lowest BCUT2D eigenvalue weighted by Gasteiger charge is -2.37. The molecule has 2 aliphatic rings. The van der Waals surface area contributed by atoms with Crippen LogP contribution in [0.2, 0.25) is 0 Å². The molecule has 7 nitrogen and oxygen atoms in total. The van der Waals surface area contributed by atoms with Crippen molar-refractivity contribution in [1.29, 1.82) is 0 Å². The van der Waals surface area contributed by atoms with Crippen molar-refractivity contribution in [3.05, 3.63) is 0 Å². The number of rotatable bonds is 4. The summed E-state index contributed by atoms with van der Waals surface area (Å²) in [6.07, 6.45) is 0. The molecule has 0 aromatic rings. The molecule has 23 heavy (non-hydrogen) atoms. The zero-order chi connectivity index (χ0) is 15.2. The summed E-state index contributed by atoms with van der Waals surface area (Å²) in [7, 11) is 0. The molecule has 2 aliphatic heterocycles. The minimum Gasteiger partial charge on any atom is -0.378 e. The topological polar surface area (TPSA) is 73.9 Å². The highest BCUT2D eigenvalue weighted by atomic mass is 35.5. The van der Waals surface area contributed by atoms with Crippen molar-refractivity contribution in [2.45, 2.75) is 25.9 Å². The summed E-state index contributed by atoms with van der Waals surface area (Å²) in [5.74, 6) is 0.160. The van der Waals surface area contributed by atoms with E-state index in [4.69, 9.17) is 4.74 Å². The van der Waals surface area contributed by atoms with Crippen molar-refractivity contribution in [3.8, 4) is 0 Å². The van der Waals surface area contributed by atoms with Gasteiger partial charge in [-0.3, -0.25) is 14.5 Å². The fraction of sp³-hybridized carbons (Fsp3) is 0.857. The fourth-order valence-electron chi connectivity index (χ4n) is 2.64. The number of carbonyl (C=O) groups excluding carboxylic acids is 2. The lowest BCUT2D eigenvalue weighted by atomic mass is 10.2. The lowest BCUT2D eigenvalue weighted by Crippen LogP contribution is -2.57. The first-order valence-electron chi connectivity index (χ1n) is 7.68. The minimum absolute atomic E-state index is 0. The van der Waals surface area contributed by atoms with E-state index < -0.39 is 0 Å². The molecule has 0 spiro atoms. The maximum atomic E-state index is 12.3. The molecule has 2 fully saturated rings. The predicted molar refractivity (Wildman–Crippen MR) is 93.4 cm³/mol. The second-order valence-electron chi connectivity index (χ2n) is 5.91. The van der Waals surface area contributed by atoms with Crippen LogP contribution in [0.15, 0.2) is 0 Å². The number of nitrogens with zero attached hydrogens (tertiary/aromatic N) is 2. The molecule has 0 bridgehead atoms. The zero-order valence-corrected chi connectivity index (χ0v) is 15.4. The van der Waals surface area contributed by atoms with E-state index in [2.05, 4.69) is 15.5 Å². The van der Waals surface area contributed by atoms with E-state index >= 15 is 0 Å². The van der Waals surface area contributed by atoms with E-state index in [0.717, 1.165) is 19.6 Å². The first-order valence-corrected chi connectivity index (χ1v) is 7.68.